The smallest absolute Gasteiger partial charge is 0.258 e. The Kier molecular flexibility index (Phi) is 4.28. The molecule has 1 fully saturated rings. The number of fused-ring (bicyclic) bond motifs is 2. The lowest BCUT2D eigenvalue weighted by Crippen LogP contribution is -3.09. The molecule has 6 nitrogen and oxygen atoms in total. The Bertz CT molecular complexity index is 1090. The van der Waals surface area contributed by atoms with E-state index in [1.807, 2.05) is 25.1 Å². The van der Waals surface area contributed by atoms with Gasteiger partial charge in [0.15, 0.2) is 11.5 Å². The van der Waals surface area contributed by atoms with E-state index in [9.17, 15) is 4.79 Å². The van der Waals surface area contributed by atoms with Crippen LogP contribution in [-0.2, 0) is 6.54 Å². The lowest BCUT2D eigenvalue weighted by atomic mass is 10.0. The van der Waals surface area contributed by atoms with Gasteiger partial charge in [0, 0.05) is 30.7 Å². The zero-order chi connectivity index (χ0) is 19.1. The highest BCUT2D eigenvalue weighted by Gasteiger charge is 2.31. The summed E-state index contributed by atoms with van der Waals surface area (Å²) in [5, 5.41) is 0. The molecule has 144 valence electrons. The number of hydrogen-bond acceptors (Lipinski definition) is 4. The van der Waals surface area contributed by atoms with Crippen LogP contribution in [0, 0.1) is 6.92 Å². The fourth-order valence-corrected chi connectivity index (χ4v) is 4.43. The molecule has 4 heterocycles. The molecule has 28 heavy (non-hydrogen) atoms. The van der Waals surface area contributed by atoms with Gasteiger partial charge >= 0.3 is 0 Å². The van der Waals surface area contributed by atoms with Crippen LogP contribution in [0.3, 0.4) is 0 Å². The Morgan fingerprint density at radius 1 is 1.18 bits per heavy atom. The van der Waals surface area contributed by atoms with Gasteiger partial charge in [0.25, 0.3) is 5.56 Å². The van der Waals surface area contributed by atoms with Gasteiger partial charge in [-0.3, -0.25) is 9.20 Å². The molecule has 0 radical (unpaired) electrons. The van der Waals surface area contributed by atoms with E-state index >= 15 is 0 Å². The third kappa shape index (κ3) is 3.03. The summed E-state index contributed by atoms with van der Waals surface area (Å²) >= 11 is 0. The molecule has 0 aliphatic carbocycles. The molecule has 2 aliphatic heterocycles. The average Bonchev–Trinajstić information content (AvgIpc) is 3.16. The second-order valence-corrected chi connectivity index (χ2v) is 7.65. The number of nitrogens with one attached hydrogen (secondary N) is 1. The van der Waals surface area contributed by atoms with Crippen molar-refractivity contribution >= 4 is 5.65 Å². The SMILES string of the molecule is Cc1cccn2c(=O)cc(C[NH+]3CCC[C@@H]3c3ccc4c(c3)OCCO4)nc12. The molecular weight excluding hydrogens is 354 g/mol. The molecule has 3 aromatic rings. The number of aromatic nitrogens is 2. The van der Waals surface area contributed by atoms with Crippen LogP contribution in [0.25, 0.3) is 5.65 Å². The minimum atomic E-state index is -0.0156. The van der Waals surface area contributed by atoms with Crippen LogP contribution in [-0.4, -0.2) is 29.1 Å². The molecule has 0 bridgehead atoms. The number of likely N-dealkylation sites (tertiary alicyclic amines) is 1. The molecule has 0 saturated carbocycles. The molecule has 0 spiro atoms. The van der Waals surface area contributed by atoms with E-state index < -0.39 is 0 Å². The number of ether oxygens (including phenoxy) is 2. The molecule has 2 aliphatic rings. The Balaban J connectivity index is 1.44. The fraction of sp³-hybridized carbons (Fsp3) is 0.364. The second kappa shape index (κ2) is 6.95. The maximum Gasteiger partial charge on any atom is 0.258 e. The van der Waals surface area contributed by atoms with Crippen LogP contribution in [0.5, 0.6) is 11.5 Å². The van der Waals surface area contributed by atoms with Gasteiger partial charge in [0.2, 0.25) is 0 Å². The van der Waals surface area contributed by atoms with Gasteiger partial charge < -0.3 is 14.4 Å². The Morgan fingerprint density at radius 3 is 2.93 bits per heavy atom. The standard InChI is InChI=1S/C22H23N3O3/c1-15-4-2-9-25-21(26)13-17(23-22(15)25)14-24-8-3-5-18(24)16-6-7-19-20(12-16)28-11-10-27-19/h2,4,6-7,9,12-13,18H,3,5,8,10-11,14H2,1H3/p+1/t18-/m1/s1. The second-order valence-electron chi connectivity index (χ2n) is 7.65. The van der Waals surface area contributed by atoms with Crippen LogP contribution >= 0.6 is 0 Å². The summed E-state index contributed by atoms with van der Waals surface area (Å²) < 4.78 is 13.0. The lowest BCUT2D eigenvalue weighted by Gasteiger charge is -2.24. The van der Waals surface area contributed by atoms with Crippen molar-refractivity contribution in [1.82, 2.24) is 9.38 Å². The summed E-state index contributed by atoms with van der Waals surface area (Å²) in [4.78, 5) is 18.8. The quantitative estimate of drug-likeness (QED) is 0.754. The first-order valence-electron chi connectivity index (χ1n) is 9.91. The van der Waals surface area contributed by atoms with Crippen molar-refractivity contribution in [3.8, 4) is 11.5 Å². The van der Waals surface area contributed by atoms with Crippen molar-refractivity contribution in [2.24, 2.45) is 0 Å². The van der Waals surface area contributed by atoms with Crippen molar-refractivity contribution in [3.63, 3.8) is 0 Å². The maximum atomic E-state index is 12.5. The zero-order valence-corrected chi connectivity index (χ0v) is 16.0. The monoisotopic (exact) mass is 378 g/mol. The molecule has 2 atom stereocenters. The van der Waals surface area contributed by atoms with Gasteiger partial charge in [-0.1, -0.05) is 6.07 Å². The molecular formula is C22H24N3O3+. The van der Waals surface area contributed by atoms with E-state index in [2.05, 4.69) is 12.1 Å². The average molecular weight is 378 g/mol. The van der Waals surface area contributed by atoms with Gasteiger partial charge in [0.05, 0.1) is 6.54 Å². The minimum Gasteiger partial charge on any atom is -0.486 e. The third-order valence-electron chi connectivity index (χ3n) is 5.80. The van der Waals surface area contributed by atoms with Crippen LogP contribution < -0.4 is 19.9 Å². The first-order valence-corrected chi connectivity index (χ1v) is 9.91. The number of quaternary nitrogens is 1. The minimum absolute atomic E-state index is 0.0156. The van der Waals surface area contributed by atoms with Crippen LogP contribution in [0.4, 0.5) is 0 Å². The molecule has 1 aromatic carbocycles. The number of pyridine rings is 1. The largest absolute Gasteiger partial charge is 0.486 e. The molecule has 1 N–H and O–H groups in total. The zero-order valence-electron chi connectivity index (χ0n) is 16.0. The highest BCUT2D eigenvalue weighted by Crippen LogP contribution is 2.33. The fourth-order valence-electron chi connectivity index (χ4n) is 4.43. The van der Waals surface area contributed by atoms with Crippen LogP contribution in [0.1, 0.15) is 35.7 Å². The molecule has 6 heteroatoms. The highest BCUT2D eigenvalue weighted by atomic mass is 16.6. The first-order chi connectivity index (χ1) is 13.7. The van der Waals surface area contributed by atoms with Crippen molar-refractivity contribution in [2.45, 2.75) is 32.4 Å². The van der Waals surface area contributed by atoms with Crippen LogP contribution in [0.2, 0.25) is 0 Å². The van der Waals surface area contributed by atoms with Gasteiger partial charge in [-0.05, 0) is 36.8 Å². The van der Waals surface area contributed by atoms with Gasteiger partial charge in [-0.25, -0.2) is 4.98 Å². The van der Waals surface area contributed by atoms with Gasteiger partial charge in [-0.15, -0.1) is 0 Å². The van der Waals surface area contributed by atoms with Crippen molar-refractivity contribution in [3.05, 3.63) is 69.8 Å². The van der Waals surface area contributed by atoms with E-state index in [0.29, 0.717) is 19.3 Å². The summed E-state index contributed by atoms with van der Waals surface area (Å²) in [7, 11) is 0. The summed E-state index contributed by atoms with van der Waals surface area (Å²) in [6.07, 6.45) is 4.07. The lowest BCUT2D eigenvalue weighted by molar-refractivity contribution is -0.932. The number of aryl methyl sites for hydroxylation is 1. The van der Waals surface area contributed by atoms with Crippen LogP contribution in [0.15, 0.2) is 47.4 Å². The molecule has 1 unspecified atom stereocenters. The Hall–Kier alpha value is -2.86. The predicted molar refractivity (Wildman–Crippen MR) is 105 cm³/mol. The summed E-state index contributed by atoms with van der Waals surface area (Å²) in [6, 6.07) is 12.2. The van der Waals surface area contributed by atoms with Gasteiger partial charge in [-0.2, -0.15) is 0 Å². The Morgan fingerprint density at radius 2 is 2.04 bits per heavy atom. The normalized spacial score (nSPS) is 21.2. The highest BCUT2D eigenvalue weighted by molar-refractivity contribution is 5.47. The van der Waals surface area contributed by atoms with E-state index in [1.165, 1.54) is 16.9 Å². The number of nitrogens with zero attached hydrogens (tertiary/aromatic N) is 2. The van der Waals surface area contributed by atoms with E-state index in [0.717, 1.165) is 47.9 Å². The summed E-state index contributed by atoms with van der Waals surface area (Å²) in [6.45, 7) is 5.02. The van der Waals surface area contributed by atoms with Crippen molar-refractivity contribution in [1.29, 1.82) is 0 Å². The topological polar surface area (TPSA) is 57.3 Å². The molecule has 0 amide bonds. The Labute approximate surface area is 163 Å². The predicted octanol–water partition coefficient (Wildman–Crippen LogP) is 1.69. The van der Waals surface area contributed by atoms with Crippen molar-refractivity contribution < 1.29 is 14.4 Å². The van der Waals surface area contributed by atoms with Gasteiger partial charge in [0.1, 0.15) is 37.1 Å². The maximum absolute atomic E-state index is 12.5. The van der Waals surface area contributed by atoms with E-state index in [-0.39, 0.29) is 5.56 Å². The molecule has 1 saturated heterocycles. The third-order valence-corrected chi connectivity index (χ3v) is 5.80. The van der Waals surface area contributed by atoms with E-state index in [1.54, 1.807) is 16.7 Å². The summed E-state index contributed by atoms with van der Waals surface area (Å²) in [5.41, 5.74) is 3.88. The first kappa shape index (κ1) is 17.3. The molecule has 2 aromatic heterocycles. The number of hydrogen-bond donors (Lipinski definition) is 1. The summed E-state index contributed by atoms with van der Waals surface area (Å²) in [5.74, 6) is 1.67. The van der Waals surface area contributed by atoms with Crippen molar-refractivity contribution in [2.75, 3.05) is 19.8 Å². The van der Waals surface area contributed by atoms with E-state index in [4.69, 9.17) is 14.5 Å². The molecule has 5 rings (SSSR count). The number of benzene rings is 1. The number of rotatable bonds is 3.